The molecule has 1 aliphatic heterocycles. The molecule has 1 aliphatic rings. The summed E-state index contributed by atoms with van der Waals surface area (Å²) in [5, 5.41) is 21.1. The Kier molecular flexibility index (Phi) is 5.24. The summed E-state index contributed by atoms with van der Waals surface area (Å²) in [5.74, 6) is -0.986. The molecule has 110 valence electrons. The van der Waals surface area contributed by atoms with Gasteiger partial charge in [0, 0.05) is 31.0 Å². The highest BCUT2D eigenvalue weighted by Gasteiger charge is 2.11. The third-order valence-electron chi connectivity index (χ3n) is 3.54. The summed E-state index contributed by atoms with van der Waals surface area (Å²) in [6.45, 7) is 2.48. The average Bonchev–Trinajstić information content (AvgIpc) is 2.46. The van der Waals surface area contributed by atoms with Gasteiger partial charge in [-0.2, -0.15) is 0 Å². The van der Waals surface area contributed by atoms with Crippen molar-refractivity contribution in [2.75, 3.05) is 29.9 Å². The van der Waals surface area contributed by atoms with Gasteiger partial charge < -0.3 is 20.4 Å². The van der Waals surface area contributed by atoms with E-state index in [1.54, 1.807) is 0 Å². The standard InChI is InChI=1S/C15H22N2O3/c18-14(10-15(19)20)11-16-12-4-6-13(7-5-12)17-8-2-1-3-9-17/h4-7,14,16,18H,1-3,8-11H2,(H,19,20). The van der Waals surface area contributed by atoms with Crippen LogP contribution in [0.15, 0.2) is 24.3 Å². The first-order valence-electron chi connectivity index (χ1n) is 7.14. The fourth-order valence-corrected chi connectivity index (χ4v) is 2.45. The Morgan fingerprint density at radius 2 is 1.85 bits per heavy atom. The van der Waals surface area contributed by atoms with Crippen LogP contribution < -0.4 is 10.2 Å². The van der Waals surface area contributed by atoms with Gasteiger partial charge in [0.1, 0.15) is 0 Å². The Bertz CT molecular complexity index is 427. The van der Waals surface area contributed by atoms with E-state index in [1.807, 2.05) is 12.1 Å². The molecular weight excluding hydrogens is 256 g/mol. The Morgan fingerprint density at radius 3 is 2.45 bits per heavy atom. The molecule has 2 rings (SSSR count). The first-order chi connectivity index (χ1) is 9.65. The minimum Gasteiger partial charge on any atom is -0.481 e. The van der Waals surface area contributed by atoms with Crippen LogP contribution in [0.2, 0.25) is 0 Å². The summed E-state index contributed by atoms with van der Waals surface area (Å²) in [4.78, 5) is 12.8. The number of nitrogens with one attached hydrogen (secondary N) is 1. The lowest BCUT2D eigenvalue weighted by Crippen LogP contribution is -2.29. The molecule has 5 nitrogen and oxygen atoms in total. The van der Waals surface area contributed by atoms with Crippen LogP contribution in [0.3, 0.4) is 0 Å². The first-order valence-corrected chi connectivity index (χ1v) is 7.14. The molecule has 1 heterocycles. The molecule has 0 aromatic heterocycles. The molecule has 1 saturated heterocycles. The van der Waals surface area contributed by atoms with Gasteiger partial charge in [-0.1, -0.05) is 0 Å². The van der Waals surface area contributed by atoms with Crippen LogP contribution in [-0.2, 0) is 4.79 Å². The summed E-state index contributed by atoms with van der Waals surface area (Å²) in [6.07, 6.45) is 2.72. The molecule has 1 unspecified atom stereocenters. The molecule has 0 radical (unpaired) electrons. The Labute approximate surface area is 119 Å². The third kappa shape index (κ3) is 4.42. The van der Waals surface area contributed by atoms with Crippen molar-refractivity contribution in [2.24, 2.45) is 0 Å². The van der Waals surface area contributed by atoms with E-state index in [2.05, 4.69) is 22.3 Å². The molecule has 1 atom stereocenters. The Hall–Kier alpha value is -1.75. The number of carboxylic acids is 1. The normalized spacial score (nSPS) is 16.8. The maximum absolute atomic E-state index is 10.4. The number of piperidine rings is 1. The number of aliphatic carboxylic acids is 1. The molecule has 1 aromatic carbocycles. The van der Waals surface area contributed by atoms with Crippen LogP contribution in [0.5, 0.6) is 0 Å². The summed E-state index contributed by atoms with van der Waals surface area (Å²) >= 11 is 0. The van der Waals surface area contributed by atoms with Gasteiger partial charge in [0.25, 0.3) is 0 Å². The highest BCUT2D eigenvalue weighted by molar-refractivity contribution is 5.67. The van der Waals surface area contributed by atoms with Crippen molar-refractivity contribution in [3.05, 3.63) is 24.3 Å². The van der Waals surface area contributed by atoms with Gasteiger partial charge >= 0.3 is 5.97 Å². The highest BCUT2D eigenvalue weighted by atomic mass is 16.4. The number of benzene rings is 1. The number of hydrogen-bond donors (Lipinski definition) is 3. The van der Waals surface area contributed by atoms with Gasteiger partial charge in [0.2, 0.25) is 0 Å². The molecule has 0 amide bonds. The number of carbonyl (C=O) groups is 1. The van der Waals surface area contributed by atoms with Gasteiger partial charge in [-0.15, -0.1) is 0 Å². The number of rotatable bonds is 6. The number of nitrogens with zero attached hydrogens (tertiary/aromatic N) is 1. The van der Waals surface area contributed by atoms with E-state index >= 15 is 0 Å². The quantitative estimate of drug-likeness (QED) is 0.741. The smallest absolute Gasteiger partial charge is 0.306 e. The largest absolute Gasteiger partial charge is 0.481 e. The molecule has 1 fully saturated rings. The lowest BCUT2D eigenvalue weighted by atomic mass is 10.1. The number of hydrogen-bond acceptors (Lipinski definition) is 4. The average molecular weight is 278 g/mol. The molecule has 20 heavy (non-hydrogen) atoms. The summed E-state index contributed by atoms with van der Waals surface area (Å²) < 4.78 is 0. The maximum Gasteiger partial charge on any atom is 0.306 e. The van der Waals surface area contributed by atoms with E-state index in [1.165, 1.54) is 24.9 Å². The van der Waals surface area contributed by atoms with Crippen LogP contribution >= 0.6 is 0 Å². The number of aliphatic hydroxyl groups is 1. The fourth-order valence-electron chi connectivity index (χ4n) is 2.45. The molecule has 0 spiro atoms. The predicted octanol–water partition coefficient (Wildman–Crippen LogP) is 1.92. The van der Waals surface area contributed by atoms with Crippen molar-refractivity contribution in [2.45, 2.75) is 31.8 Å². The van der Waals surface area contributed by atoms with E-state index < -0.39 is 12.1 Å². The van der Waals surface area contributed by atoms with Crippen LogP contribution in [0.1, 0.15) is 25.7 Å². The Morgan fingerprint density at radius 1 is 1.20 bits per heavy atom. The highest BCUT2D eigenvalue weighted by Crippen LogP contribution is 2.21. The van der Waals surface area contributed by atoms with E-state index in [-0.39, 0.29) is 13.0 Å². The van der Waals surface area contributed by atoms with Crippen molar-refractivity contribution in [3.8, 4) is 0 Å². The van der Waals surface area contributed by atoms with Gasteiger partial charge in [-0.3, -0.25) is 4.79 Å². The predicted molar refractivity (Wildman–Crippen MR) is 79.3 cm³/mol. The lowest BCUT2D eigenvalue weighted by molar-refractivity contribution is -0.138. The summed E-state index contributed by atoms with van der Waals surface area (Å²) in [6, 6.07) is 8.07. The second-order valence-corrected chi connectivity index (χ2v) is 5.23. The summed E-state index contributed by atoms with van der Waals surface area (Å²) in [7, 11) is 0. The van der Waals surface area contributed by atoms with Crippen LogP contribution in [0, 0.1) is 0 Å². The maximum atomic E-state index is 10.4. The van der Waals surface area contributed by atoms with Crippen LogP contribution in [0.4, 0.5) is 11.4 Å². The second-order valence-electron chi connectivity index (χ2n) is 5.23. The van der Waals surface area contributed by atoms with Gasteiger partial charge in [0.15, 0.2) is 0 Å². The molecule has 3 N–H and O–H groups in total. The van der Waals surface area contributed by atoms with Gasteiger partial charge in [-0.25, -0.2) is 0 Å². The van der Waals surface area contributed by atoms with Crippen LogP contribution in [-0.4, -0.2) is 41.9 Å². The van der Waals surface area contributed by atoms with Crippen molar-refractivity contribution >= 4 is 17.3 Å². The number of carboxylic acid groups (broad SMARTS) is 1. The minimum absolute atomic E-state index is 0.237. The first kappa shape index (κ1) is 14.7. The molecular formula is C15H22N2O3. The number of aliphatic hydroxyl groups excluding tert-OH is 1. The van der Waals surface area contributed by atoms with Crippen molar-refractivity contribution in [1.29, 1.82) is 0 Å². The summed E-state index contributed by atoms with van der Waals surface area (Å²) in [5.41, 5.74) is 2.12. The Balaban J connectivity index is 1.83. The minimum atomic E-state index is -0.986. The van der Waals surface area contributed by atoms with Crippen molar-refractivity contribution in [3.63, 3.8) is 0 Å². The van der Waals surface area contributed by atoms with Crippen LogP contribution in [0.25, 0.3) is 0 Å². The molecule has 0 aliphatic carbocycles. The lowest BCUT2D eigenvalue weighted by Gasteiger charge is -2.28. The fraction of sp³-hybridized carbons (Fsp3) is 0.533. The van der Waals surface area contributed by atoms with Crippen molar-refractivity contribution < 1.29 is 15.0 Å². The molecule has 5 heteroatoms. The van der Waals surface area contributed by atoms with Crippen molar-refractivity contribution in [1.82, 2.24) is 0 Å². The van der Waals surface area contributed by atoms with Gasteiger partial charge in [-0.05, 0) is 43.5 Å². The zero-order chi connectivity index (χ0) is 14.4. The topological polar surface area (TPSA) is 72.8 Å². The number of anilines is 2. The SMILES string of the molecule is O=C(O)CC(O)CNc1ccc(N2CCCCC2)cc1. The molecule has 1 aromatic rings. The van der Waals surface area contributed by atoms with E-state index in [9.17, 15) is 9.90 Å². The van der Waals surface area contributed by atoms with E-state index in [4.69, 9.17) is 5.11 Å². The second kappa shape index (κ2) is 7.14. The monoisotopic (exact) mass is 278 g/mol. The van der Waals surface area contributed by atoms with E-state index in [0.717, 1.165) is 18.8 Å². The van der Waals surface area contributed by atoms with E-state index in [0.29, 0.717) is 0 Å². The molecule has 0 bridgehead atoms. The zero-order valence-corrected chi connectivity index (χ0v) is 11.6. The zero-order valence-electron chi connectivity index (χ0n) is 11.6. The molecule has 0 saturated carbocycles. The van der Waals surface area contributed by atoms with Gasteiger partial charge in [0.05, 0.1) is 12.5 Å². The third-order valence-corrected chi connectivity index (χ3v) is 3.54.